The van der Waals surface area contributed by atoms with Gasteiger partial charge in [-0.3, -0.25) is 0 Å². The lowest BCUT2D eigenvalue weighted by Crippen LogP contribution is -1.92. The van der Waals surface area contributed by atoms with Gasteiger partial charge in [-0.1, -0.05) is 0 Å². The van der Waals surface area contributed by atoms with Gasteiger partial charge in [0.05, 0.1) is 0 Å². The summed E-state index contributed by atoms with van der Waals surface area (Å²) in [5.41, 5.74) is 7.86. The first-order valence-corrected chi connectivity index (χ1v) is 4.37. The number of aromatic nitrogens is 2. The summed E-state index contributed by atoms with van der Waals surface area (Å²) in [5.74, 6) is 0.484. The van der Waals surface area contributed by atoms with Crippen molar-refractivity contribution in [3.63, 3.8) is 0 Å². The Balaban J connectivity index is 3.02. The lowest BCUT2D eigenvalue weighted by molar-refractivity contribution is 1.04. The van der Waals surface area contributed by atoms with Crippen LogP contribution in [0.5, 0.6) is 0 Å². The fourth-order valence-electron chi connectivity index (χ4n) is 1.09. The van der Waals surface area contributed by atoms with Crippen LogP contribution in [0.4, 0.5) is 5.95 Å². The molecule has 0 aliphatic heterocycles. The topological polar surface area (TPSA) is 64.2 Å². The molecular formula is C10H14N4. The van der Waals surface area contributed by atoms with Gasteiger partial charge >= 0.3 is 0 Å². The maximum Gasteiger partial charge on any atom is 0.249 e. The molecule has 0 aromatic carbocycles. The van der Waals surface area contributed by atoms with E-state index >= 15 is 0 Å². The molecule has 0 spiro atoms. The molecule has 0 saturated heterocycles. The third-order valence-corrected chi connectivity index (χ3v) is 1.58. The van der Waals surface area contributed by atoms with Gasteiger partial charge in [-0.25, -0.2) is 15.0 Å². The van der Waals surface area contributed by atoms with Crippen molar-refractivity contribution in [2.75, 3.05) is 0 Å². The Labute approximate surface area is 83.6 Å². The molecule has 14 heavy (non-hydrogen) atoms. The number of aliphatic imine (C=N–C) groups is 1. The summed E-state index contributed by atoms with van der Waals surface area (Å²) in [5, 5.41) is 0. The minimum absolute atomic E-state index is 0.484. The van der Waals surface area contributed by atoms with Crippen molar-refractivity contribution in [3.8, 4) is 0 Å². The van der Waals surface area contributed by atoms with Crippen LogP contribution in [0.25, 0.3) is 0 Å². The largest absolute Gasteiger partial charge is 0.405 e. The Morgan fingerprint density at radius 1 is 1.36 bits per heavy atom. The molecule has 4 heteroatoms. The number of nitrogens with two attached hydrogens (primary N) is 1. The van der Waals surface area contributed by atoms with Crippen LogP contribution in [0.15, 0.2) is 23.3 Å². The fourth-order valence-corrected chi connectivity index (χ4v) is 1.09. The zero-order valence-electron chi connectivity index (χ0n) is 8.65. The summed E-state index contributed by atoms with van der Waals surface area (Å²) in [4.78, 5) is 12.6. The lowest BCUT2D eigenvalue weighted by Gasteiger charge is -1.98. The fraction of sp³-hybridized carbons (Fsp3) is 0.300. The van der Waals surface area contributed by atoms with Crippen molar-refractivity contribution in [2.45, 2.75) is 20.8 Å². The minimum atomic E-state index is 0.484. The summed E-state index contributed by atoms with van der Waals surface area (Å²) >= 11 is 0. The molecule has 1 rings (SSSR count). The maximum atomic E-state index is 5.24. The van der Waals surface area contributed by atoms with E-state index in [0.717, 1.165) is 17.1 Å². The van der Waals surface area contributed by atoms with Crippen molar-refractivity contribution >= 4 is 11.7 Å². The quantitative estimate of drug-likeness (QED) is 0.721. The van der Waals surface area contributed by atoms with Crippen molar-refractivity contribution in [3.05, 3.63) is 29.7 Å². The molecule has 0 saturated carbocycles. The van der Waals surface area contributed by atoms with Crippen molar-refractivity contribution in [1.82, 2.24) is 9.97 Å². The van der Waals surface area contributed by atoms with Crippen LogP contribution in [0.1, 0.15) is 18.3 Å². The summed E-state index contributed by atoms with van der Waals surface area (Å²) in [6, 6.07) is 1.91. The van der Waals surface area contributed by atoms with Gasteiger partial charge in [0.15, 0.2) is 0 Å². The van der Waals surface area contributed by atoms with Crippen LogP contribution in [-0.2, 0) is 0 Å². The number of rotatable bonds is 2. The highest BCUT2D eigenvalue weighted by Crippen LogP contribution is 2.07. The SMILES string of the molecule is CC(C=CN)=Nc1nc(C)cc(C)n1. The normalized spacial score (nSPS) is 12.4. The molecule has 0 radical (unpaired) electrons. The van der Waals surface area contributed by atoms with Gasteiger partial charge in [-0.15, -0.1) is 0 Å². The van der Waals surface area contributed by atoms with E-state index in [2.05, 4.69) is 15.0 Å². The Morgan fingerprint density at radius 3 is 2.43 bits per heavy atom. The molecule has 1 aromatic heterocycles. The van der Waals surface area contributed by atoms with E-state index < -0.39 is 0 Å². The van der Waals surface area contributed by atoms with Gasteiger partial charge in [-0.05, 0) is 39.1 Å². The molecule has 0 fully saturated rings. The van der Waals surface area contributed by atoms with Crippen LogP contribution in [0.3, 0.4) is 0 Å². The number of hydrogen-bond acceptors (Lipinski definition) is 4. The van der Waals surface area contributed by atoms with Gasteiger partial charge in [0.25, 0.3) is 0 Å². The van der Waals surface area contributed by atoms with E-state index in [4.69, 9.17) is 5.73 Å². The zero-order valence-corrected chi connectivity index (χ0v) is 8.65. The molecular weight excluding hydrogens is 176 g/mol. The van der Waals surface area contributed by atoms with Crippen molar-refractivity contribution < 1.29 is 0 Å². The predicted molar refractivity (Wildman–Crippen MR) is 57.6 cm³/mol. The predicted octanol–water partition coefficient (Wildman–Crippen LogP) is 1.66. The molecule has 0 aliphatic rings. The van der Waals surface area contributed by atoms with Crippen molar-refractivity contribution in [1.29, 1.82) is 0 Å². The number of allylic oxidation sites excluding steroid dienone is 1. The molecule has 4 nitrogen and oxygen atoms in total. The monoisotopic (exact) mass is 190 g/mol. The first-order chi connectivity index (χ1) is 6.61. The first-order valence-electron chi connectivity index (χ1n) is 4.37. The molecule has 2 N–H and O–H groups in total. The van der Waals surface area contributed by atoms with Gasteiger partial charge < -0.3 is 5.73 Å². The van der Waals surface area contributed by atoms with E-state index in [1.165, 1.54) is 6.20 Å². The van der Waals surface area contributed by atoms with Gasteiger partial charge in [0, 0.05) is 17.1 Å². The average molecular weight is 190 g/mol. The Kier molecular flexibility index (Phi) is 3.34. The van der Waals surface area contributed by atoms with E-state index in [0.29, 0.717) is 5.95 Å². The van der Waals surface area contributed by atoms with Crippen LogP contribution >= 0.6 is 0 Å². The van der Waals surface area contributed by atoms with Crippen molar-refractivity contribution in [2.24, 2.45) is 10.7 Å². The zero-order chi connectivity index (χ0) is 10.6. The smallest absolute Gasteiger partial charge is 0.249 e. The van der Waals surface area contributed by atoms with Gasteiger partial charge in [0.1, 0.15) is 0 Å². The average Bonchev–Trinajstić information content (AvgIpc) is 2.01. The van der Waals surface area contributed by atoms with Crippen LogP contribution in [-0.4, -0.2) is 15.7 Å². The summed E-state index contributed by atoms with van der Waals surface area (Å²) < 4.78 is 0. The second-order valence-corrected chi connectivity index (χ2v) is 3.06. The summed E-state index contributed by atoms with van der Waals surface area (Å²) in [7, 11) is 0. The molecule has 0 bridgehead atoms. The Bertz CT molecular complexity index is 359. The van der Waals surface area contributed by atoms with E-state index in [9.17, 15) is 0 Å². The first kappa shape index (κ1) is 10.4. The van der Waals surface area contributed by atoms with Crippen LogP contribution in [0.2, 0.25) is 0 Å². The third-order valence-electron chi connectivity index (χ3n) is 1.58. The number of nitrogens with zero attached hydrogens (tertiary/aromatic N) is 3. The summed E-state index contributed by atoms with van der Waals surface area (Å²) in [6.45, 7) is 5.69. The lowest BCUT2D eigenvalue weighted by atomic mass is 10.3. The molecule has 0 aliphatic carbocycles. The molecule has 1 aromatic rings. The minimum Gasteiger partial charge on any atom is -0.405 e. The maximum absolute atomic E-state index is 5.24. The highest BCUT2D eigenvalue weighted by Gasteiger charge is 1.96. The molecule has 1 heterocycles. The van der Waals surface area contributed by atoms with Gasteiger partial charge in [-0.2, -0.15) is 0 Å². The van der Waals surface area contributed by atoms with E-state index in [1.807, 2.05) is 26.8 Å². The molecule has 0 atom stereocenters. The Morgan fingerprint density at radius 2 is 1.93 bits per heavy atom. The molecule has 0 unspecified atom stereocenters. The van der Waals surface area contributed by atoms with E-state index in [-0.39, 0.29) is 0 Å². The van der Waals surface area contributed by atoms with Crippen LogP contribution < -0.4 is 5.73 Å². The number of aryl methyl sites for hydroxylation is 2. The second-order valence-electron chi connectivity index (χ2n) is 3.06. The summed E-state index contributed by atoms with van der Waals surface area (Å²) in [6.07, 6.45) is 3.16. The second kappa shape index (κ2) is 4.50. The Hall–Kier alpha value is -1.71. The van der Waals surface area contributed by atoms with Gasteiger partial charge in [0.2, 0.25) is 5.95 Å². The van der Waals surface area contributed by atoms with Crippen LogP contribution in [0, 0.1) is 13.8 Å². The highest BCUT2D eigenvalue weighted by molar-refractivity contribution is 5.93. The molecule has 74 valence electrons. The van der Waals surface area contributed by atoms with E-state index in [1.54, 1.807) is 6.08 Å². The number of hydrogen-bond donors (Lipinski definition) is 1. The third kappa shape index (κ3) is 2.97. The molecule has 0 amide bonds. The highest BCUT2D eigenvalue weighted by atomic mass is 15.0. The standard InChI is InChI=1S/C10H14N4/c1-7(4-5-11)12-10-13-8(2)6-9(3)14-10/h4-6H,11H2,1-3H3.